The minimum Gasteiger partial charge on any atom is -0.0587 e. The molecule has 0 nitrogen and oxygen atoms in total. The summed E-state index contributed by atoms with van der Waals surface area (Å²) in [6, 6.07) is 24.8. The van der Waals surface area contributed by atoms with Gasteiger partial charge in [-0.2, -0.15) is 0 Å². The molecule has 0 radical (unpaired) electrons. The van der Waals surface area contributed by atoms with E-state index in [1.807, 2.05) is 0 Å². The first kappa shape index (κ1) is 17.5. The zero-order chi connectivity index (χ0) is 18.0. The number of hydrogen-bond acceptors (Lipinski definition) is 0. The Morgan fingerprint density at radius 1 is 0.480 bits per heavy atom. The first-order valence-electron chi connectivity index (χ1n) is 9.26. The molecule has 0 aromatic heterocycles. The van der Waals surface area contributed by atoms with E-state index in [-0.39, 0.29) is 0 Å². The lowest BCUT2D eigenvalue weighted by molar-refractivity contribution is 0.867. The molecule has 3 rings (SSSR count). The van der Waals surface area contributed by atoms with Gasteiger partial charge in [0.15, 0.2) is 0 Å². The summed E-state index contributed by atoms with van der Waals surface area (Å²) in [6.07, 6.45) is 0. The van der Waals surface area contributed by atoms with Crippen molar-refractivity contribution in [2.75, 3.05) is 0 Å². The zero-order valence-electron chi connectivity index (χ0n) is 16.0. The molecular formula is C25H28. The van der Waals surface area contributed by atoms with Crippen LogP contribution in [0.5, 0.6) is 0 Å². The molecule has 0 aliphatic rings. The third-order valence-electron chi connectivity index (χ3n) is 4.90. The van der Waals surface area contributed by atoms with Crippen LogP contribution in [0, 0.1) is 6.92 Å². The molecule has 3 aromatic carbocycles. The van der Waals surface area contributed by atoms with Crippen LogP contribution in [0.1, 0.15) is 56.2 Å². The van der Waals surface area contributed by atoms with Gasteiger partial charge in [-0.3, -0.25) is 0 Å². The highest BCUT2D eigenvalue weighted by Crippen LogP contribution is 2.30. The maximum atomic E-state index is 2.31. The molecule has 0 spiro atoms. The molecule has 0 saturated heterocycles. The second-order valence-corrected chi connectivity index (χ2v) is 7.64. The summed E-state index contributed by atoms with van der Waals surface area (Å²) >= 11 is 0. The summed E-state index contributed by atoms with van der Waals surface area (Å²) in [6.45, 7) is 11.1. The van der Waals surface area contributed by atoms with Crippen LogP contribution in [-0.4, -0.2) is 0 Å². The van der Waals surface area contributed by atoms with Gasteiger partial charge in [-0.05, 0) is 63.8 Å². The summed E-state index contributed by atoms with van der Waals surface area (Å²) < 4.78 is 0. The van der Waals surface area contributed by atoms with Crippen LogP contribution in [0.15, 0.2) is 66.7 Å². The van der Waals surface area contributed by atoms with Crippen molar-refractivity contribution in [3.05, 3.63) is 83.4 Å². The fraction of sp³-hybridized carbons (Fsp3) is 0.280. The Bertz CT molecular complexity index is 764. The highest BCUT2D eigenvalue weighted by molar-refractivity contribution is 5.74. The molecule has 3 aromatic rings. The second-order valence-electron chi connectivity index (χ2n) is 7.64. The van der Waals surface area contributed by atoms with Crippen LogP contribution in [-0.2, 0) is 0 Å². The van der Waals surface area contributed by atoms with Gasteiger partial charge in [0, 0.05) is 0 Å². The molecule has 0 fully saturated rings. The number of hydrogen-bond donors (Lipinski definition) is 0. The summed E-state index contributed by atoms with van der Waals surface area (Å²) in [4.78, 5) is 0. The molecule has 0 aliphatic carbocycles. The lowest BCUT2D eigenvalue weighted by atomic mass is 9.93. The van der Waals surface area contributed by atoms with Gasteiger partial charge < -0.3 is 0 Å². The van der Waals surface area contributed by atoms with Gasteiger partial charge in [0.25, 0.3) is 0 Å². The van der Waals surface area contributed by atoms with Crippen LogP contribution in [0.4, 0.5) is 0 Å². The van der Waals surface area contributed by atoms with Gasteiger partial charge in [-0.15, -0.1) is 0 Å². The van der Waals surface area contributed by atoms with Gasteiger partial charge in [-0.1, -0.05) is 88.4 Å². The number of benzene rings is 3. The molecule has 0 bridgehead atoms. The summed E-state index contributed by atoms with van der Waals surface area (Å²) in [5, 5.41) is 0. The fourth-order valence-electron chi connectivity index (χ4n) is 3.24. The molecule has 128 valence electrons. The van der Waals surface area contributed by atoms with Crippen molar-refractivity contribution < 1.29 is 0 Å². The minimum absolute atomic E-state index is 0.571. The van der Waals surface area contributed by atoms with E-state index in [1.165, 1.54) is 38.9 Å². The maximum Gasteiger partial charge on any atom is -0.0175 e. The first-order chi connectivity index (χ1) is 11.9. The van der Waals surface area contributed by atoms with Crippen molar-refractivity contribution in [2.24, 2.45) is 0 Å². The van der Waals surface area contributed by atoms with E-state index in [4.69, 9.17) is 0 Å². The predicted molar refractivity (Wildman–Crippen MR) is 110 cm³/mol. The van der Waals surface area contributed by atoms with E-state index in [2.05, 4.69) is 101 Å². The van der Waals surface area contributed by atoms with Gasteiger partial charge in [0.05, 0.1) is 0 Å². The molecule has 0 atom stereocenters. The van der Waals surface area contributed by atoms with Crippen molar-refractivity contribution in [2.45, 2.75) is 46.5 Å². The normalized spacial score (nSPS) is 11.3. The molecular weight excluding hydrogens is 300 g/mol. The average Bonchev–Trinajstić information content (AvgIpc) is 2.61. The van der Waals surface area contributed by atoms with E-state index in [1.54, 1.807) is 0 Å². The Morgan fingerprint density at radius 3 is 1.16 bits per heavy atom. The van der Waals surface area contributed by atoms with Gasteiger partial charge in [0.2, 0.25) is 0 Å². The van der Waals surface area contributed by atoms with Gasteiger partial charge in [0.1, 0.15) is 0 Å². The van der Waals surface area contributed by atoms with Crippen molar-refractivity contribution in [1.29, 1.82) is 0 Å². The number of aryl methyl sites for hydroxylation is 1. The highest BCUT2D eigenvalue weighted by Gasteiger charge is 2.06. The third kappa shape index (κ3) is 4.02. The van der Waals surface area contributed by atoms with Crippen molar-refractivity contribution in [3.63, 3.8) is 0 Å². The maximum absolute atomic E-state index is 2.31. The SMILES string of the molecule is Cc1cc(-c2ccc(C(C)C)cc2)cc(-c2ccc(C(C)C)cc2)c1. The highest BCUT2D eigenvalue weighted by atomic mass is 14.1. The van der Waals surface area contributed by atoms with E-state index >= 15 is 0 Å². The number of rotatable bonds is 4. The fourth-order valence-corrected chi connectivity index (χ4v) is 3.24. The van der Waals surface area contributed by atoms with E-state index < -0.39 is 0 Å². The molecule has 25 heavy (non-hydrogen) atoms. The Balaban J connectivity index is 1.97. The standard InChI is InChI=1S/C25H28/c1-17(2)20-6-10-22(11-7-20)24-14-19(5)15-25(16-24)23-12-8-21(9-13-23)18(3)4/h6-18H,1-5H3. The van der Waals surface area contributed by atoms with Gasteiger partial charge in [-0.25, -0.2) is 0 Å². The zero-order valence-corrected chi connectivity index (χ0v) is 16.0. The smallest absolute Gasteiger partial charge is 0.0175 e. The van der Waals surface area contributed by atoms with Crippen molar-refractivity contribution >= 4 is 0 Å². The molecule has 0 heterocycles. The summed E-state index contributed by atoms with van der Waals surface area (Å²) in [5.74, 6) is 1.14. The molecule has 0 amide bonds. The van der Waals surface area contributed by atoms with E-state index in [0.717, 1.165) is 0 Å². The quantitative estimate of drug-likeness (QED) is 0.463. The van der Waals surface area contributed by atoms with Crippen LogP contribution >= 0.6 is 0 Å². The first-order valence-corrected chi connectivity index (χ1v) is 9.26. The molecule has 0 saturated carbocycles. The van der Waals surface area contributed by atoms with Crippen LogP contribution in [0.3, 0.4) is 0 Å². The Hall–Kier alpha value is -2.34. The summed E-state index contributed by atoms with van der Waals surface area (Å²) in [5.41, 5.74) is 9.23. The largest absolute Gasteiger partial charge is 0.0587 e. The van der Waals surface area contributed by atoms with Gasteiger partial charge >= 0.3 is 0 Å². The third-order valence-corrected chi connectivity index (χ3v) is 4.90. The molecule has 0 unspecified atom stereocenters. The predicted octanol–water partition coefficient (Wildman–Crippen LogP) is 7.58. The summed E-state index contributed by atoms with van der Waals surface area (Å²) in [7, 11) is 0. The topological polar surface area (TPSA) is 0 Å². The Kier molecular flexibility index (Phi) is 5.08. The Morgan fingerprint density at radius 2 is 0.840 bits per heavy atom. The average molecular weight is 328 g/mol. The van der Waals surface area contributed by atoms with Crippen LogP contribution < -0.4 is 0 Å². The molecule has 0 heteroatoms. The molecule has 0 aliphatic heterocycles. The van der Waals surface area contributed by atoms with Crippen molar-refractivity contribution in [1.82, 2.24) is 0 Å². The Labute approximate surface area is 152 Å². The minimum atomic E-state index is 0.571. The molecule has 0 N–H and O–H groups in total. The van der Waals surface area contributed by atoms with Crippen molar-refractivity contribution in [3.8, 4) is 22.3 Å². The van der Waals surface area contributed by atoms with Crippen LogP contribution in [0.2, 0.25) is 0 Å². The van der Waals surface area contributed by atoms with E-state index in [9.17, 15) is 0 Å². The second kappa shape index (κ2) is 7.27. The van der Waals surface area contributed by atoms with Crippen LogP contribution in [0.25, 0.3) is 22.3 Å². The lowest BCUT2D eigenvalue weighted by Crippen LogP contribution is -1.89. The lowest BCUT2D eigenvalue weighted by Gasteiger charge is -2.11. The van der Waals surface area contributed by atoms with E-state index in [0.29, 0.717) is 11.8 Å². The monoisotopic (exact) mass is 328 g/mol.